The minimum atomic E-state index is -3.56. The quantitative estimate of drug-likeness (QED) is 0.707. The molecule has 0 saturated heterocycles. The zero-order valence-corrected chi connectivity index (χ0v) is 15.8. The smallest absolute Gasteiger partial charge is 0.255 e. The minimum absolute atomic E-state index is 0.125. The first-order valence-electron chi connectivity index (χ1n) is 8.26. The van der Waals surface area contributed by atoms with Crippen LogP contribution in [0.4, 0.5) is 5.69 Å². The molecule has 27 heavy (non-hydrogen) atoms. The molecular weight excluding hydrogens is 364 g/mol. The second kappa shape index (κ2) is 7.73. The van der Waals surface area contributed by atoms with Crippen molar-refractivity contribution < 1.29 is 13.2 Å². The topological polar surface area (TPSA) is 84.3 Å². The summed E-state index contributed by atoms with van der Waals surface area (Å²) in [5, 5.41) is 6.89. The monoisotopic (exact) mass is 384 g/mol. The Morgan fingerprint density at radius 2 is 1.85 bits per heavy atom. The van der Waals surface area contributed by atoms with Crippen molar-refractivity contribution in [1.82, 2.24) is 14.1 Å². The van der Waals surface area contributed by atoms with Crippen molar-refractivity contribution in [2.45, 2.75) is 11.4 Å². The summed E-state index contributed by atoms with van der Waals surface area (Å²) in [5.74, 6) is -0.306. The number of anilines is 1. The Morgan fingerprint density at radius 3 is 2.48 bits per heavy atom. The van der Waals surface area contributed by atoms with E-state index in [1.165, 1.54) is 26.2 Å². The van der Waals surface area contributed by atoms with E-state index in [0.29, 0.717) is 17.8 Å². The molecule has 1 amide bonds. The lowest BCUT2D eigenvalue weighted by atomic mass is 10.1. The van der Waals surface area contributed by atoms with E-state index in [2.05, 4.69) is 10.4 Å². The van der Waals surface area contributed by atoms with Crippen LogP contribution in [0.5, 0.6) is 0 Å². The number of nitrogens with zero attached hydrogens (tertiary/aromatic N) is 3. The molecule has 3 aromatic rings. The van der Waals surface area contributed by atoms with Gasteiger partial charge in [0.05, 0.1) is 11.4 Å². The standard InChI is InChI=1S/C19H20N4O3S/c1-22(2)27(25,26)18-6-3-5-17(13-18)21-19(24)16-9-7-15(8-10-16)14-23-12-4-11-20-23/h3-13H,14H2,1-2H3,(H,21,24). The second-order valence-corrected chi connectivity index (χ2v) is 8.32. The molecule has 0 unspecified atom stereocenters. The van der Waals surface area contributed by atoms with Gasteiger partial charge in [-0.3, -0.25) is 9.48 Å². The van der Waals surface area contributed by atoms with E-state index < -0.39 is 10.0 Å². The maximum absolute atomic E-state index is 12.4. The second-order valence-electron chi connectivity index (χ2n) is 6.17. The Morgan fingerprint density at radius 1 is 1.11 bits per heavy atom. The molecular formula is C19H20N4O3S. The molecule has 0 aliphatic carbocycles. The molecule has 1 N–H and O–H groups in total. The summed E-state index contributed by atoms with van der Waals surface area (Å²) in [4.78, 5) is 12.6. The Balaban J connectivity index is 1.72. The van der Waals surface area contributed by atoms with Crippen molar-refractivity contribution in [2.24, 2.45) is 0 Å². The highest BCUT2D eigenvalue weighted by molar-refractivity contribution is 7.89. The summed E-state index contributed by atoms with van der Waals surface area (Å²) < 4.78 is 27.4. The van der Waals surface area contributed by atoms with Crippen LogP contribution in [0.1, 0.15) is 15.9 Å². The fourth-order valence-electron chi connectivity index (χ4n) is 2.49. The van der Waals surface area contributed by atoms with Gasteiger partial charge < -0.3 is 5.32 Å². The predicted octanol–water partition coefficient (Wildman–Crippen LogP) is 2.43. The SMILES string of the molecule is CN(C)S(=O)(=O)c1cccc(NC(=O)c2ccc(Cn3cccn3)cc2)c1. The molecule has 1 heterocycles. The predicted molar refractivity (Wildman–Crippen MR) is 103 cm³/mol. The average molecular weight is 384 g/mol. The number of amides is 1. The molecule has 7 nitrogen and oxygen atoms in total. The number of nitrogens with one attached hydrogen (secondary N) is 1. The van der Waals surface area contributed by atoms with Gasteiger partial charge in [0.15, 0.2) is 0 Å². The van der Waals surface area contributed by atoms with E-state index in [1.807, 2.05) is 24.4 Å². The van der Waals surface area contributed by atoms with Crippen LogP contribution >= 0.6 is 0 Å². The highest BCUT2D eigenvalue weighted by Gasteiger charge is 2.17. The van der Waals surface area contributed by atoms with Gasteiger partial charge in [-0.15, -0.1) is 0 Å². The first-order valence-corrected chi connectivity index (χ1v) is 9.70. The van der Waals surface area contributed by atoms with Gasteiger partial charge in [0.25, 0.3) is 5.91 Å². The van der Waals surface area contributed by atoms with Crippen molar-refractivity contribution in [1.29, 1.82) is 0 Å². The normalized spacial score (nSPS) is 11.5. The number of aromatic nitrogens is 2. The van der Waals surface area contributed by atoms with Gasteiger partial charge in [-0.25, -0.2) is 12.7 Å². The lowest BCUT2D eigenvalue weighted by molar-refractivity contribution is 0.102. The van der Waals surface area contributed by atoms with Crippen LogP contribution in [0.3, 0.4) is 0 Å². The highest BCUT2D eigenvalue weighted by Crippen LogP contribution is 2.19. The molecule has 0 saturated carbocycles. The van der Waals surface area contributed by atoms with Gasteiger partial charge in [0.1, 0.15) is 0 Å². The van der Waals surface area contributed by atoms with Gasteiger partial charge in [0.2, 0.25) is 10.0 Å². The molecule has 3 rings (SSSR count). The van der Waals surface area contributed by atoms with Gasteiger partial charge in [-0.05, 0) is 42.0 Å². The van der Waals surface area contributed by atoms with E-state index in [0.717, 1.165) is 9.87 Å². The third-order valence-corrected chi connectivity index (χ3v) is 5.80. The van der Waals surface area contributed by atoms with Crippen molar-refractivity contribution in [3.8, 4) is 0 Å². The number of rotatable bonds is 6. The zero-order valence-electron chi connectivity index (χ0n) is 15.0. The number of hydrogen-bond acceptors (Lipinski definition) is 4. The molecule has 0 aliphatic heterocycles. The summed E-state index contributed by atoms with van der Waals surface area (Å²) in [6, 6.07) is 15.2. The molecule has 1 aromatic heterocycles. The Labute approximate surface area is 158 Å². The first-order chi connectivity index (χ1) is 12.9. The molecule has 0 spiro atoms. The van der Waals surface area contributed by atoms with Crippen LogP contribution in [0, 0.1) is 0 Å². The van der Waals surface area contributed by atoms with Crippen molar-refractivity contribution in [3.63, 3.8) is 0 Å². The molecule has 2 aromatic carbocycles. The van der Waals surface area contributed by atoms with E-state index in [1.54, 1.807) is 35.1 Å². The van der Waals surface area contributed by atoms with Gasteiger partial charge in [0, 0.05) is 37.7 Å². The summed E-state index contributed by atoms with van der Waals surface area (Å²) in [6.45, 7) is 0.624. The van der Waals surface area contributed by atoms with Gasteiger partial charge in [-0.2, -0.15) is 5.10 Å². The Hall–Kier alpha value is -2.97. The average Bonchev–Trinajstić information content (AvgIpc) is 3.15. The molecule has 0 atom stereocenters. The maximum Gasteiger partial charge on any atom is 0.255 e. The van der Waals surface area contributed by atoms with E-state index >= 15 is 0 Å². The Kier molecular flexibility index (Phi) is 5.38. The van der Waals surface area contributed by atoms with E-state index in [4.69, 9.17) is 0 Å². The van der Waals surface area contributed by atoms with E-state index in [9.17, 15) is 13.2 Å². The van der Waals surface area contributed by atoms with Crippen LogP contribution in [-0.2, 0) is 16.6 Å². The first kappa shape index (κ1) is 18.8. The fraction of sp³-hybridized carbons (Fsp3) is 0.158. The van der Waals surface area contributed by atoms with Crippen molar-refractivity contribution >= 4 is 21.6 Å². The van der Waals surface area contributed by atoms with Gasteiger partial charge in [-0.1, -0.05) is 18.2 Å². The number of hydrogen-bond donors (Lipinski definition) is 1. The minimum Gasteiger partial charge on any atom is -0.322 e. The van der Waals surface area contributed by atoms with Gasteiger partial charge >= 0.3 is 0 Å². The highest BCUT2D eigenvalue weighted by atomic mass is 32.2. The van der Waals surface area contributed by atoms with E-state index in [-0.39, 0.29) is 10.8 Å². The lowest BCUT2D eigenvalue weighted by Crippen LogP contribution is -2.22. The zero-order chi connectivity index (χ0) is 19.4. The van der Waals surface area contributed by atoms with Crippen molar-refractivity contribution in [2.75, 3.05) is 19.4 Å². The number of sulfonamides is 1. The Bertz CT molecular complexity index is 1030. The number of benzene rings is 2. The van der Waals surface area contributed by atoms with Crippen LogP contribution in [0.15, 0.2) is 71.9 Å². The fourth-order valence-corrected chi connectivity index (χ4v) is 3.44. The van der Waals surface area contributed by atoms with Crippen LogP contribution in [0.25, 0.3) is 0 Å². The summed E-state index contributed by atoms with van der Waals surface area (Å²) in [6.07, 6.45) is 3.59. The number of carbonyl (C=O) groups is 1. The number of carbonyl (C=O) groups excluding carboxylic acids is 1. The van der Waals surface area contributed by atoms with Crippen LogP contribution in [-0.4, -0.2) is 42.5 Å². The van der Waals surface area contributed by atoms with Crippen LogP contribution in [0.2, 0.25) is 0 Å². The third-order valence-electron chi connectivity index (χ3n) is 3.99. The lowest BCUT2D eigenvalue weighted by Gasteiger charge is -2.13. The molecule has 8 heteroatoms. The summed E-state index contributed by atoms with van der Waals surface area (Å²) in [5.41, 5.74) is 1.93. The molecule has 0 aliphatic rings. The maximum atomic E-state index is 12.4. The molecule has 0 fully saturated rings. The van der Waals surface area contributed by atoms with Crippen molar-refractivity contribution in [3.05, 3.63) is 78.1 Å². The molecule has 140 valence electrons. The molecule has 0 radical (unpaired) electrons. The summed E-state index contributed by atoms with van der Waals surface area (Å²) >= 11 is 0. The largest absolute Gasteiger partial charge is 0.322 e. The third kappa shape index (κ3) is 4.42. The summed E-state index contributed by atoms with van der Waals surface area (Å²) in [7, 11) is -0.629. The molecule has 0 bridgehead atoms. The van der Waals surface area contributed by atoms with Crippen LogP contribution < -0.4 is 5.32 Å².